The molecule has 0 saturated carbocycles. The summed E-state index contributed by atoms with van der Waals surface area (Å²) in [5.74, 6) is 0.653. The Morgan fingerprint density at radius 1 is 0.587 bits per heavy atom. The Labute approximate surface area is 385 Å². The molecule has 0 amide bonds. The van der Waals surface area contributed by atoms with Crippen LogP contribution in [0.2, 0.25) is 0 Å². The number of aromatic hydroxyl groups is 1. The van der Waals surface area contributed by atoms with Crippen molar-refractivity contribution in [3.8, 4) is 78.6 Å². The van der Waals surface area contributed by atoms with E-state index >= 15 is 0 Å². The summed E-state index contributed by atoms with van der Waals surface area (Å²) in [6, 6.07) is 44.9. The number of hydrogen-bond acceptors (Lipinski definition) is 3. The van der Waals surface area contributed by atoms with Gasteiger partial charge in [-0.1, -0.05) is 150 Å². The summed E-state index contributed by atoms with van der Waals surface area (Å²) in [7, 11) is 0. The maximum atomic E-state index is 12.5. The van der Waals surface area contributed by atoms with Crippen LogP contribution >= 0.6 is 0 Å². The maximum Gasteiger partial charge on any atom is 0.149 e. The Balaban J connectivity index is 1.39. The fourth-order valence-corrected chi connectivity index (χ4v) is 8.38. The second-order valence-corrected chi connectivity index (χ2v) is 18.3. The van der Waals surface area contributed by atoms with Crippen LogP contribution < -0.4 is 0 Å². The Kier molecular flexibility index (Phi) is 8.07. The number of imidazole rings is 1. The van der Waals surface area contributed by atoms with E-state index in [9.17, 15) is 6.48 Å². The highest BCUT2D eigenvalue weighted by Crippen LogP contribution is 2.46. The van der Waals surface area contributed by atoms with Crippen molar-refractivity contribution in [3.63, 3.8) is 0 Å². The van der Waals surface area contributed by atoms with Crippen molar-refractivity contribution in [2.75, 3.05) is 0 Å². The van der Waals surface area contributed by atoms with E-state index in [4.69, 9.17) is 16.0 Å². The molecule has 2 heterocycles. The van der Waals surface area contributed by atoms with E-state index in [1.165, 1.54) is 18.2 Å². The first-order chi connectivity index (χ1) is 33.8. The first kappa shape index (κ1) is 31.8. The van der Waals surface area contributed by atoms with E-state index in [1.54, 1.807) is 0 Å². The van der Waals surface area contributed by atoms with Gasteiger partial charge in [-0.05, 0) is 136 Å². The van der Waals surface area contributed by atoms with Crippen LogP contribution in [0, 0.1) is 20.6 Å². The summed E-state index contributed by atoms with van der Waals surface area (Å²) in [5.41, 5.74) is 8.88. The summed E-state index contributed by atoms with van der Waals surface area (Å²) in [6.07, 6.45) is -0.552. The fourth-order valence-electron chi connectivity index (χ4n) is 8.38. The Morgan fingerprint density at radius 3 is 1.94 bits per heavy atom. The van der Waals surface area contributed by atoms with E-state index in [-0.39, 0.29) is 39.1 Å². The molecular weight excluding hydrogens is 767 g/mol. The van der Waals surface area contributed by atoms with Crippen molar-refractivity contribution in [2.45, 2.75) is 73.0 Å². The van der Waals surface area contributed by atoms with Gasteiger partial charge >= 0.3 is 0 Å². The summed E-state index contributed by atoms with van der Waals surface area (Å²) in [6.45, 7) is 9.15. The van der Waals surface area contributed by atoms with Crippen molar-refractivity contribution in [1.82, 2.24) is 14.5 Å². The highest BCUT2D eigenvalue weighted by atomic mass is 16.3. The minimum atomic E-state index is -2.82. The van der Waals surface area contributed by atoms with Crippen molar-refractivity contribution < 1.29 is 17.4 Å². The Hall–Kier alpha value is -7.04. The molecule has 0 saturated heterocycles. The van der Waals surface area contributed by atoms with Gasteiger partial charge in [-0.25, -0.2) is 4.98 Å². The van der Waals surface area contributed by atoms with E-state index < -0.39 is 37.4 Å². The van der Waals surface area contributed by atoms with E-state index in [0.29, 0.717) is 33.6 Å². The van der Waals surface area contributed by atoms with Crippen LogP contribution in [0.3, 0.4) is 0 Å². The predicted octanol–water partition coefficient (Wildman–Crippen LogP) is 15.6. The van der Waals surface area contributed by atoms with Crippen LogP contribution in [0.15, 0.2) is 164 Å². The number of hydrogen-bond donors (Lipinski definition) is 1. The lowest BCUT2D eigenvalue weighted by Crippen LogP contribution is -2.17. The largest absolute Gasteiger partial charge is 0.507 e. The van der Waals surface area contributed by atoms with Gasteiger partial charge in [0, 0.05) is 36.7 Å². The van der Waals surface area contributed by atoms with Crippen molar-refractivity contribution in [1.29, 1.82) is 0 Å². The lowest BCUT2D eigenvalue weighted by Gasteiger charge is -2.27. The number of benzene rings is 7. The van der Waals surface area contributed by atoms with E-state index in [2.05, 4.69) is 94.4 Å². The normalized spacial score (nSPS) is 14.4. The SMILES string of the molecule is [2H]c1nc(-c2cc(-c3ccccc3)cc(-c3cccc4c3nc(-c3cc(C(C)(C)C)cc(C(C)(C)C)c3O)n4-c3ccc(C)cc3-c3ccccc3)c2)c([2H])c(-c2c(C([2H])([2H])[2H])cccc2C([2H])([2H])[2H])c1[2H]. The molecule has 0 spiro atoms. The Bertz CT molecular complexity index is 3530. The molecule has 7 aromatic carbocycles. The van der Waals surface area contributed by atoms with Gasteiger partial charge < -0.3 is 5.11 Å². The van der Waals surface area contributed by atoms with Gasteiger partial charge in [-0.3, -0.25) is 9.55 Å². The number of para-hydroxylation sites is 1. The summed E-state index contributed by atoms with van der Waals surface area (Å²) < 4.78 is 80.4. The second kappa shape index (κ2) is 16.0. The molecule has 9 aromatic rings. The molecule has 1 N–H and O–H groups in total. The number of nitrogens with zero attached hydrogens (tertiary/aromatic N) is 3. The molecule has 2 aromatic heterocycles. The molecule has 4 heteroatoms. The smallest absolute Gasteiger partial charge is 0.149 e. The third-order valence-corrected chi connectivity index (χ3v) is 11.7. The number of phenolic OH excluding ortho intramolecular Hbond substituents is 1. The molecule has 0 fully saturated rings. The van der Waals surface area contributed by atoms with Gasteiger partial charge in [-0.2, -0.15) is 0 Å². The summed E-state index contributed by atoms with van der Waals surface area (Å²) >= 11 is 0. The first-order valence-corrected chi connectivity index (χ1v) is 21.2. The van der Waals surface area contributed by atoms with Crippen LogP contribution in [0.25, 0.3) is 83.9 Å². The number of fused-ring (bicyclic) bond motifs is 1. The molecule has 0 aliphatic carbocycles. The van der Waals surface area contributed by atoms with Gasteiger partial charge in [0.1, 0.15) is 11.6 Å². The minimum Gasteiger partial charge on any atom is -0.507 e. The zero-order valence-electron chi connectivity index (χ0n) is 45.6. The highest BCUT2D eigenvalue weighted by Gasteiger charge is 2.29. The Morgan fingerprint density at radius 2 is 1.25 bits per heavy atom. The number of aromatic nitrogens is 3. The van der Waals surface area contributed by atoms with Crippen LogP contribution in [0.4, 0.5) is 0 Å². The molecule has 63 heavy (non-hydrogen) atoms. The van der Waals surface area contributed by atoms with E-state index in [0.717, 1.165) is 50.1 Å². The number of rotatable bonds is 7. The van der Waals surface area contributed by atoms with Crippen LogP contribution in [-0.4, -0.2) is 19.6 Å². The zero-order chi connectivity index (χ0) is 51.8. The monoisotopic (exact) mass is 830 g/mol. The van der Waals surface area contributed by atoms with Gasteiger partial charge in [0.05, 0.1) is 32.1 Å². The first-order valence-electron chi connectivity index (χ1n) is 25.7. The van der Waals surface area contributed by atoms with Crippen LogP contribution in [0.5, 0.6) is 5.75 Å². The van der Waals surface area contributed by atoms with Gasteiger partial charge in [0.25, 0.3) is 0 Å². The average molecular weight is 831 g/mol. The molecule has 0 unspecified atom stereocenters. The minimum absolute atomic E-state index is 0.0361. The van der Waals surface area contributed by atoms with Gasteiger partial charge in [0.15, 0.2) is 0 Å². The van der Waals surface area contributed by atoms with Gasteiger partial charge in [-0.15, -0.1) is 0 Å². The lowest BCUT2D eigenvalue weighted by molar-refractivity contribution is 0.446. The molecule has 312 valence electrons. The molecule has 4 nitrogen and oxygen atoms in total. The number of pyridine rings is 1. The van der Waals surface area contributed by atoms with E-state index in [1.807, 2.05) is 91.0 Å². The fraction of sp³-hybridized carbons (Fsp3) is 0.186. The van der Waals surface area contributed by atoms with Crippen molar-refractivity contribution in [3.05, 3.63) is 192 Å². The zero-order valence-corrected chi connectivity index (χ0v) is 36.6. The standard InChI is InChI=1S/C59H55N3O/c1-37-26-27-52(48(30-37)41-22-14-11-15-23-41)62-53-25-17-24-47(55(53)61-57(62)49-35-46(58(4,5)6)36-50(56(49)63)59(7,8)9)44-31-43(40-20-12-10-13-21-40)32-45(33-44)51-34-42(28-29-60-51)54-38(2)18-16-19-39(54)3/h10-36,63H,1-9H3/i2D3,3D3,28D,29D,34D. The molecular formula is C59H55N3O. The highest BCUT2D eigenvalue weighted by molar-refractivity contribution is 5.98. The lowest BCUT2D eigenvalue weighted by atomic mass is 9.79. The van der Waals surface area contributed by atoms with Crippen molar-refractivity contribution in [2.24, 2.45) is 0 Å². The molecule has 9 rings (SSSR count). The molecule has 0 atom stereocenters. The molecule has 0 aliphatic heterocycles. The van der Waals surface area contributed by atoms with Crippen molar-refractivity contribution >= 4 is 11.0 Å². The third-order valence-electron chi connectivity index (χ3n) is 11.7. The van der Waals surface area contributed by atoms with Crippen LogP contribution in [0.1, 0.15) is 81.7 Å². The van der Waals surface area contributed by atoms with Gasteiger partial charge in [0.2, 0.25) is 0 Å². The van der Waals surface area contributed by atoms with Crippen LogP contribution in [-0.2, 0) is 10.8 Å². The third kappa shape index (κ3) is 7.87. The number of aryl methyl sites for hydroxylation is 3. The topological polar surface area (TPSA) is 50.9 Å². The molecule has 0 bridgehead atoms. The second-order valence-electron chi connectivity index (χ2n) is 18.3. The summed E-state index contributed by atoms with van der Waals surface area (Å²) in [4.78, 5) is 10.1. The summed E-state index contributed by atoms with van der Waals surface area (Å²) in [5, 5.41) is 12.5. The molecule has 0 aliphatic rings. The number of phenols is 1. The molecule has 0 radical (unpaired) electrons. The predicted molar refractivity (Wildman–Crippen MR) is 265 cm³/mol. The maximum absolute atomic E-state index is 12.5. The quantitative estimate of drug-likeness (QED) is 0.174. The average Bonchev–Trinajstić information content (AvgIpc) is 3.71.